The third-order valence-corrected chi connectivity index (χ3v) is 5.34. The largest absolute Gasteiger partial charge is 0.376 e. The van der Waals surface area contributed by atoms with Crippen LogP contribution in [-0.4, -0.2) is 11.8 Å². The van der Waals surface area contributed by atoms with Gasteiger partial charge in [-0.05, 0) is 42.6 Å². The molecule has 0 saturated carbocycles. The van der Waals surface area contributed by atoms with Crippen LogP contribution in [0.3, 0.4) is 0 Å². The van der Waals surface area contributed by atoms with Gasteiger partial charge in [0.15, 0.2) is 0 Å². The van der Waals surface area contributed by atoms with Gasteiger partial charge in [-0.3, -0.25) is 9.59 Å². The van der Waals surface area contributed by atoms with Crippen molar-refractivity contribution in [3.63, 3.8) is 0 Å². The Kier molecular flexibility index (Phi) is 3.86. The summed E-state index contributed by atoms with van der Waals surface area (Å²) in [7, 11) is 0. The minimum absolute atomic E-state index is 0.0799. The third-order valence-electron chi connectivity index (χ3n) is 4.28. The maximum Gasteiger partial charge on any atom is 0.266 e. The van der Waals surface area contributed by atoms with Gasteiger partial charge in [-0.2, -0.15) is 0 Å². The molecule has 0 saturated heterocycles. The molecule has 5 heteroatoms. The SMILES string of the molecule is CC(Nc1ccccc1N1C(=O)c2ccccc2C1=O)c1cccs1. The lowest BCUT2D eigenvalue weighted by Gasteiger charge is -2.21. The first-order chi connectivity index (χ1) is 12.2. The molecular formula is C20H16N2O2S. The molecule has 4 rings (SSSR count). The molecule has 1 N–H and O–H groups in total. The van der Waals surface area contributed by atoms with Crippen LogP contribution in [0, 0.1) is 0 Å². The van der Waals surface area contributed by atoms with Gasteiger partial charge in [-0.1, -0.05) is 30.3 Å². The minimum Gasteiger partial charge on any atom is -0.376 e. The zero-order valence-electron chi connectivity index (χ0n) is 13.6. The van der Waals surface area contributed by atoms with Crippen molar-refractivity contribution in [1.29, 1.82) is 0 Å². The zero-order chi connectivity index (χ0) is 17.4. The summed E-state index contributed by atoms with van der Waals surface area (Å²) in [5, 5.41) is 5.45. The van der Waals surface area contributed by atoms with Crippen molar-refractivity contribution >= 4 is 34.5 Å². The van der Waals surface area contributed by atoms with E-state index in [4.69, 9.17) is 0 Å². The molecule has 1 aliphatic heterocycles. The highest BCUT2D eigenvalue weighted by Gasteiger charge is 2.37. The predicted molar refractivity (Wildman–Crippen MR) is 100 cm³/mol. The van der Waals surface area contributed by atoms with Crippen LogP contribution in [0.2, 0.25) is 0 Å². The summed E-state index contributed by atoms with van der Waals surface area (Å²) in [4.78, 5) is 28.0. The highest BCUT2D eigenvalue weighted by Crippen LogP contribution is 2.35. The van der Waals surface area contributed by atoms with Crippen LogP contribution in [0.5, 0.6) is 0 Å². The molecule has 0 spiro atoms. The lowest BCUT2D eigenvalue weighted by molar-refractivity contribution is 0.0926. The quantitative estimate of drug-likeness (QED) is 0.694. The number of rotatable bonds is 4. The number of carbonyl (C=O) groups is 2. The van der Waals surface area contributed by atoms with E-state index in [9.17, 15) is 9.59 Å². The second-order valence-corrected chi connectivity index (χ2v) is 6.87. The van der Waals surface area contributed by atoms with Gasteiger partial charge in [-0.15, -0.1) is 11.3 Å². The summed E-state index contributed by atoms with van der Waals surface area (Å²) in [5.41, 5.74) is 2.25. The number of anilines is 2. The number of hydrogen-bond acceptors (Lipinski definition) is 4. The first-order valence-corrected chi connectivity index (χ1v) is 8.91. The van der Waals surface area contributed by atoms with Crippen LogP contribution in [0.1, 0.15) is 38.6 Å². The van der Waals surface area contributed by atoms with Gasteiger partial charge in [-0.25, -0.2) is 4.90 Å². The Labute approximate surface area is 149 Å². The summed E-state index contributed by atoms with van der Waals surface area (Å²) >= 11 is 1.67. The summed E-state index contributed by atoms with van der Waals surface area (Å²) in [5.74, 6) is -0.558. The van der Waals surface area contributed by atoms with Gasteiger partial charge in [0.1, 0.15) is 0 Å². The second kappa shape index (κ2) is 6.18. The fourth-order valence-corrected chi connectivity index (χ4v) is 3.78. The van der Waals surface area contributed by atoms with E-state index in [1.54, 1.807) is 41.7 Å². The molecular weight excluding hydrogens is 332 g/mol. The monoisotopic (exact) mass is 348 g/mol. The first kappa shape index (κ1) is 15.6. The normalized spacial score (nSPS) is 14.5. The Morgan fingerprint density at radius 2 is 1.52 bits per heavy atom. The number of amides is 2. The number of thiophene rings is 1. The number of nitrogens with zero attached hydrogens (tertiary/aromatic N) is 1. The molecule has 4 nitrogen and oxygen atoms in total. The van der Waals surface area contributed by atoms with Gasteiger partial charge < -0.3 is 5.32 Å². The smallest absolute Gasteiger partial charge is 0.266 e. The average molecular weight is 348 g/mol. The van der Waals surface area contributed by atoms with Crippen molar-refractivity contribution in [3.8, 4) is 0 Å². The number of imide groups is 1. The lowest BCUT2D eigenvalue weighted by Crippen LogP contribution is -2.30. The molecule has 1 aromatic heterocycles. The van der Waals surface area contributed by atoms with Crippen LogP contribution in [0.15, 0.2) is 66.0 Å². The van der Waals surface area contributed by atoms with Gasteiger partial charge >= 0.3 is 0 Å². The van der Waals surface area contributed by atoms with E-state index in [0.717, 1.165) is 5.69 Å². The number of hydrogen-bond donors (Lipinski definition) is 1. The van der Waals surface area contributed by atoms with E-state index in [1.165, 1.54) is 9.78 Å². The Morgan fingerprint density at radius 3 is 2.16 bits per heavy atom. The number of benzene rings is 2. The van der Waals surface area contributed by atoms with E-state index < -0.39 is 0 Å². The Balaban J connectivity index is 1.71. The molecule has 0 fully saturated rings. The number of carbonyl (C=O) groups excluding carboxylic acids is 2. The number of nitrogens with one attached hydrogen (secondary N) is 1. The van der Waals surface area contributed by atoms with E-state index in [2.05, 4.69) is 18.3 Å². The fourth-order valence-electron chi connectivity index (χ4n) is 3.04. The van der Waals surface area contributed by atoms with Gasteiger partial charge in [0.2, 0.25) is 0 Å². The van der Waals surface area contributed by atoms with E-state index in [1.807, 2.05) is 29.6 Å². The topological polar surface area (TPSA) is 49.4 Å². The molecule has 0 radical (unpaired) electrons. The Morgan fingerprint density at radius 1 is 0.880 bits per heavy atom. The molecule has 124 valence electrons. The zero-order valence-corrected chi connectivity index (χ0v) is 14.4. The molecule has 1 atom stereocenters. The number of fused-ring (bicyclic) bond motifs is 1. The molecule has 0 bridgehead atoms. The highest BCUT2D eigenvalue weighted by molar-refractivity contribution is 7.10. The summed E-state index contributed by atoms with van der Waals surface area (Å²) in [6, 6.07) is 18.5. The molecule has 1 aliphatic rings. The van der Waals surface area contributed by atoms with Crippen molar-refractivity contribution in [1.82, 2.24) is 0 Å². The van der Waals surface area contributed by atoms with E-state index in [-0.39, 0.29) is 17.9 Å². The number of para-hydroxylation sites is 2. The van der Waals surface area contributed by atoms with Crippen LogP contribution in [-0.2, 0) is 0 Å². The molecule has 2 amide bonds. The minimum atomic E-state index is -0.279. The Bertz CT molecular complexity index is 915. The van der Waals surface area contributed by atoms with Crippen molar-refractivity contribution in [2.24, 2.45) is 0 Å². The second-order valence-electron chi connectivity index (χ2n) is 5.89. The molecule has 25 heavy (non-hydrogen) atoms. The highest BCUT2D eigenvalue weighted by atomic mass is 32.1. The Hall–Kier alpha value is -2.92. The van der Waals surface area contributed by atoms with Crippen molar-refractivity contribution in [3.05, 3.63) is 82.0 Å². The predicted octanol–water partition coefficient (Wildman–Crippen LogP) is 4.72. The molecule has 2 heterocycles. The van der Waals surface area contributed by atoms with Gasteiger partial charge in [0.05, 0.1) is 28.5 Å². The van der Waals surface area contributed by atoms with Gasteiger partial charge in [0, 0.05) is 4.88 Å². The average Bonchev–Trinajstić information content (AvgIpc) is 3.25. The summed E-state index contributed by atoms with van der Waals surface area (Å²) in [6.07, 6.45) is 0. The van der Waals surface area contributed by atoms with Crippen LogP contribution >= 0.6 is 11.3 Å². The van der Waals surface area contributed by atoms with E-state index in [0.29, 0.717) is 16.8 Å². The van der Waals surface area contributed by atoms with Crippen molar-refractivity contribution in [2.75, 3.05) is 10.2 Å². The maximum atomic E-state index is 12.8. The maximum absolute atomic E-state index is 12.8. The molecule has 3 aromatic rings. The van der Waals surface area contributed by atoms with Crippen LogP contribution in [0.4, 0.5) is 11.4 Å². The summed E-state index contributed by atoms with van der Waals surface area (Å²) < 4.78 is 0. The molecule has 2 aromatic carbocycles. The lowest BCUT2D eigenvalue weighted by atomic mass is 10.1. The van der Waals surface area contributed by atoms with Crippen LogP contribution in [0.25, 0.3) is 0 Å². The third kappa shape index (κ3) is 2.62. The van der Waals surface area contributed by atoms with E-state index >= 15 is 0 Å². The fraction of sp³-hybridized carbons (Fsp3) is 0.100. The summed E-state index contributed by atoms with van der Waals surface area (Å²) in [6.45, 7) is 2.06. The van der Waals surface area contributed by atoms with Crippen molar-refractivity contribution in [2.45, 2.75) is 13.0 Å². The standard InChI is InChI=1S/C20H16N2O2S/c1-13(18-11-6-12-25-18)21-16-9-4-5-10-17(16)22-19(23)14-7-2-3-8-15(14)20(22)24/h2-13,21H,1H3. The first-order valence-electron chi connectivity index (χ1n) is 8.03. The van der Waals surface area contributed by atoms with Crippen molar-refractivity contribution < 1.29 is 9.59 Å². The van der Waals surface area contributed by atoms with Gasteiger partial charge in [0.25, 0.3) is 11.8 Å². The molecule has 0 aliphatic carbocycles. The molecule has 1 unspecified atom stereocenters. The van der Waals surface area contributed by atoms with Crippen LogP contribution < -0.4 is 10.2 Å².